The van der Waals surface area contributed by atoms with Crippen LogP contribution in [0.4, 0.5) is 0 Å². The molecule has 0 amide bonds. The van der Waals surface area contributed by atoms with Crippen molar-refractivity contribution >= 4 is 10.9 Å². The molecule has 3 rings (SSSR count). The summed E-state index contributed by atoms with van der Waals surface area (Å²) < 4.78 is 0. The summed E-state index contributed by atoms with van der Waals surface area (Å²) in [4.78, 5) is 7.53. The van der Waals surface area contributed by atoms with Crippen LogP contribution in [0.5, 0.6) is 0 Å². The molecule has 2 aromatic heterocycles. The first kappa shape index (κ1) is 10.1. The quantitative estimate of drug-likeness (QED) is 0.665. The lowest BCUT2D eigenvalue weighted by atomic mass is 10.0. The highest BCUT2D eigenvalue weighted by atomic mass is 14.7. The van der Waals surface area contributed by atoms with Gasteiger partial charge in [0.1, 0.15) is 0 Å². The Bertz CT molecular complexity index is 680. The Hall–Kier alpha value is -2.09. The highest BCUT2D eigenvalue weighted by Crippen LogP contribution is 2.25. The van der Waals surface area contributed by atoms with Gasteiger partial charge in [0.05, 0.1) is 0 Å². The predicted molar refractivity (Wildman–Crippen MR) is 71.0 cm³/mol. The minimum absolute atomic E-state index is 1.17. The monoisotopic (exact) mass is 222 g/mol. The van der Waals surface area contributed by atoms with Crippen molar-refractivity contribution in [3.8, 4) is 11.1 Å². The van der Waals surface area contributed by atoms with E-state index in [9.17, 15) is 0 Å². The number of benzene rings is 1. The lowest BCUT2D eigenvalue weighted by molar-refractivity contribution is 1.27. The van der Waals surface area contributed by atoms with Gasteiger partial charge < -0.3 is 4.98 Å². The molecule has 0 atom stereocenters. The van der Waals surface area contributed by atoms with Crippen LogP contribution in [-0.2, 0) is 0 Å². The second kappa shape index (κ2) is 3.74. The Morgan fingerprint density at radius 2 is 1.88 bits per heavy atom. The van der Waals surface area contributed by atoms with E-state index in [-0.39, 0.29) is 0 Å². The minimum atomic E-state index is 1.17. The average Bonchev–Trinajstić information content (AvgIpc) is 2.71. The number of aromatic amines is 1. The smallest absolute Gasteiger partial charge is 0.0462 e. The maximum absolute atomic E-state index is 4.24. The van der Waals surface area contributed by atoms with Gasteiger partial charge in [0.2, 0.25) is 0 Å². The van der Waals surface area contributed by atoms with Gasteiger partial charge in [-0.15, -0.1) is 0 Å². The van der Waals surface area contributed by atoms with Crippen LogP contribution in [0.3, 0.4) is 0 Å². The predicted octanol–water partition coefficient (Wildman–Crippen LogP) is 3.85. The molecule has 84 valence electrons. The molecule has 0 saturated heterocycles. The standard InChI is InChI=1S/C15H14N2/c1-10-5-13(9-16-7-10)12-3-4-14-11(2)8-17-15(14)6-12/h3-9,17H,1-2H3. The molecule has 1 N–H and O–H groups in total. The fourth-order valence-corrected chi connectivity index (χ4v) is 2.16. The van der Waals surface area contributed by atoms with E-state index in [2.05, 4.69) is 48.1 Å². The van der Waals surface area contributed by atoms with Crippen molar-refractivity contribution < 1.29 is 0 Å². The summed E-state index contributed by atoms with van der Waals surface area (Å²) in [5, 5.41) is 1.29. The SMILES string of the molecule is Cc1cncc(-c2ccc3c(C)c[nH]c3c2)c1. The van der Waals surface area contributed by atoms with Gasteiger partial charge in [0, 0.05) is 35.1 Å². The summed E-state index contributed by atoms with van der Waals surface area (Å²) in [5.41, 5.74) is 6.02. The third-order valence-corrected chi connectivity index (χ3v) is 3.10. The van der Waals surface area contributed by atoms with Crippen LogP contribution in [0.1, 0.15) is 11.1 Å². The average molecular weight is 222 g/mol. The highest BCUT2D eigenvalue weighted by Gasteiger charge is 2.03. The Labute approximate surface area is 100 Å². The van der Waals surface area contributed by atoms with E-state index in [1.165, 1.54) is 33.2 Å². The largest absolute Gasteiger partial charge is 0.361 e. The van der Waals surface area contributed by atoms with Crippen molar-refractivity contribution in [2.45, 2.75) is 13.8 Å². The molecule has 0 radical (unpaired) electrons. The second-order valence-electron chi connectivity index (χ2n) is 4.48. The number of pyridine rings is 1. The number of H-pyrrole nitrogens is 1. The van der Waals surface area contributed by atoms with Crippen LogP contribution >= 0.6 is 0 Å². The van der Waals surface area contributed by atoms with Crippen molar-refractivity contribution in [3.63, 3.8) is 0 Å². The van der Waals surface area contributed by atoms with Gasteiger partial charge in [0.15, 0.2) is 0 Å². The van der Waals surface area contributed by atoms with E-state index < -0.39 is 0 Å². The van der Waals surface area contributed by atoms with Gasteiger partial charge >= 0.3 is 0 Å². The Morgan fingerprint density at radius 3 is 2.71 bits per heavy atom. The molecule has 17 heavy (non-hydrogen) atoms. The van der Waals surface area contributed by atoms with Gasteiger partial charge in [-0.3, -0.25) is 4.98 Å². The lowest BCUT2D eigenvalue weighted by Gasteiger charge is -2.02. The Balaban J connectivity index is 2.18. The Kier molecular flexibility index (Phi) is 2.22. The van der Waals surface area contributed by atoms with Gasteiger partial charge in [-0.2, -0.15) is 0 Å². The zero-order valence-corrected chi connectivity index (χ0v) is 9.99. The summed E-state index contributed by atoms with van der Waals surface area (Å²) in [5.74, 6) is 0. The van der Waals surface area contributed by atoms with E-state index in [1.54, 1.807) is 0 Å². The molecular weight excluding hydrogens is 208 g/mol. The second-order valence-corrected chi connectivity index (χ2v) is 4.48. The number of aromatic nitrogens is 2. The molecule has 3 aromatic rings. The number of aryl methyl sites for hydroxylation is 2. The van der Waals surface area contributed by atoms with Gasteiger partial charge in [0.25, 0.3) is 0 Å². The molecule has 1 aromatic carbocycles. The maximum Gasteiger partial charge on any atom is 0.0462 e. The van der Waals surface area contributed by atoms with Crippen LogP contribution in [0, 0.1) is 13.8 Å². The van der Waals surface area contributed by atoms with Crippen LogP contribution in [-0.4, -0.2) is 9.97 Å². The van der Waals surface area contributed by atoms with E-state index in [4.69, 9.17) is 0 Å². The van der Waals surface area contributed by atoms with Crippen LogP contribution in [0.2, 0.25) is 0 Å². The zero-order valence-electron chi connectivity index (χ0n) is 9.99. The van der Waals surface area contributed by atoms with Crippen molar-refractivity contribution in [2.75, 3.05) is 0 Å². The number of nitrogens with zero attached hydrogens (tertiary/aromatic N) is 1. The molecule has 0 unspecified atom stereocenters. The van der Waals surface area contributed by atoms with E-state index in [0.717, 1.165) is 0 Å². The minimum Gasteiger partial charge on any atom is -0.361 e. The number of hydrogen-bond acceptors (Lipinski definition) is 1. The number of nitrogens with one attached hydrogen (secondary N) is 1. The summed E-state index contributed by atoms with van der Waals surface area (Å²) in [6, 6.07) is 8.65. The molecule has 0 spiro atoms. The maximum atomic E-state index is 4.24. The summed E-state index contributed by atoms with van der Waals surface area (Å²) in [7, 11) is 0. The number of hydrogen-bond donors (Lipinski definition) is 1. The number of rotatable bonds is 1. The van der Waals surface area contributed by atoms with Gasteiger partial charge in [-0.05, 0) is 42.7 Å². The van der Waals surface area contributed by atoms with E-state index in [0.29, 0.717) is 0 Å². The van der Waals surface area contributed by atoms with E-state index >= 15 is 0 Å². The Morgan fingerprint density at radius 1 is 1.00 bits per heavy atom. The van der Waals surface area contributed by atoms with Crippen LogP contribution < -0.4 is 0 Å². The van der Waals surface area contributed by atoms with Crippen molar-refractivity contribution in [2.24, 2.45) is 0 Å². The fourth-order valence-electron chi connectivity index (χ4n) is 2.16. The van der Waals surface area contributed by atoms with Crippen LogP contribution in [0.25, 0.3) is 22.0 Å². The lowest BCUT2D eigenvalue weighted by Crippen LogP contribution is -1.82. The molecule has 0 aliphatic heterocycles. The molecule has 0 aliphatic carbocycles. The molecule has 0 fully saturated rings. The summed E-state index contributed by atoms with van der Waals surface area (Å²) in [6.07, 6.45) is 5.83. The molecule has 2 nitrogen and oxygen atoms in total. The van der Waals surface area contributed by atoms with E-state index in [1.807, 2.05) is 18.6 Å². The fraction of sp³-hybridized carbons (Fsp3) is 0.133. The van der Waals surface area contributed by atoms with Crippen molar-refractivity contribution in [1.29, 1.82) is 0 Å². The summed E-state index contributed by atoms with van der Waals surface area (Å²) >= 11 is 0. The number of fused-ring (bicyclic) bond motifs is 1. The molecule has 0 bridgehead atoms. The highest BCUT2D eigenvalue weighted by molar-refractivity contribution is 5.87. The normalized spacial score (nSPS) is 10.9. The molecule has 0 saturated carbocycles. The molecule has 2 heteroatoms. The molecular formula is C15H14N2. The van der Waals surface area contributed by atoms with Gasteiger partial charge in [-0.1, -0.05) is 12.1 Å². The molecule has 2 heterocycles. The summed E-state index contributed by atoms with van der Waals surface area (Å²) in [6.45, 7) is 4.18. The van der Waals surface area contributed by atoms with Crippen molar-refractivity contribution in [3.05, 3.63) is 54.0 Å². The first-order chi connectivity index (χ1) is 8.24. The van der Waals surface area contributed by atoms with Gasteiger partial charge in [-0.25, -0.2) is 0 Å². The molecule has 0 aliphatic rings. The first-order valence-corrected chi connectivity index (χ1v) is 5.74. The van der Waals surface area contributed by atoms with Crippen molar-refractivity contribution in [1.82, 2.24) is 9.97 Å². The zero-order chi connectivity index (χ0) is 11.8. The first-order valence-electron chi connectivity index (χ1n) is 5.74. The third kappa shape index (κ3) is 1.72. The van der Waals surface area contributed by atoms with Crippen LogP contribution in [0.15, 0.2) is 42.9 Å². The topological polar surface area (TPSA) is 28.7 Å². The third-order valence-electron chi connectivity index (χ3n) is 3.10.